The van der Waals surface area contributed by atoms with Gasteiger partial charge in [0.05, 0.1) is 13.2 Å². The Hall–Kier alpha value is -0.610. The van der Waals surface area contributed by atoms with E-state index in [1.165, 1.54) is 0 Å². The molecule has 1 saturated heterocycles. The lowest BCUT2D eigenvalue weighted by Gasteiger charge is -2.33. The molecule has 1 aliphatic rings. The summed E-state index contributed by atoms with van der Waals surface area (Å²) in [5, 5.41) is 0.752. The van der Waals surface area contributed by atoms with E-state index in [-0.39, 0.29) is 6.04 Å². The van der Waals surface area contributed by atoms with E-state index in [1.54, 1.807) is 0 Å². The van der Waals surface area contributed by atoms with E-state index in [0.29, 0.717) is 6.04 Å². The summed E-state index contributed by atoms with van der Waals surface area (Å²) in [6.07, 6.45) is 0.949. The predicted molar refractivity (Wildman–Crippen MR) is 74.9 cm³/mol. The predicted octanol–water partition coefficient (Wildman–Crippen LogP) is 2.45. The Balaban J connectivity index is 1.86. The largest absolute Gasteiger partial charge is 0.379 e. The van der Waals surface area contributed by atoms with Crippen LogP contribution in [-0.4, -0.2) is 37.2 Å². The van der Waals surface area contributed by atoms with Crippen molar-refractivity contribution in [2.75, 3.05) is 26.3 Å². The first-order valence-corrected chi connectivity index (χ1v) is 6.87. The molecule has 0 aromatic heterocycles. The van der Waals surface area contributed by atoms with E-state index >= 15 is 0 Å². The van der Waals surface area contributed by atoms with E-state index in [9.17, 15) is 0 Å². The molecule has 0 spiro atoms. The van der Waals surface area contributed by atoms with Crippen molar-refractivity contribution in [3.63, 3.8) is 0 Å². The highest BCUT2D eigenvalue weighted by Gasteiger charge is 2.19. The minimum Gasteiger partial charge on any atom is -0.379 e. The Morgan fingerprint density at radius 3 is 3.11 bits per heavy atom. The SMILES string of the molecule is CC1COCCN1CCC(N)c1cccc(Cl)c1. The number of nitrogens with zero attached hydrogens (tertiary/aromatic N) is 1. The van der Waals surface area contributed by atoms with E-state index in [0.717, 1.165) is 43.3 Å². The van der Waals surface area contributed by atoms with Crippen LogP contribution in [0, 0.1) is 0 Å². The number of ether oxygens (including phenoxy) is 1. The van der Waals surface area contributed by atoms with Crippen LogP contribution in [0.4, 0.5) is 0 Å². The molecular weight excluding hydrogens is 248 g/mol. The van der Waals surface area contributed by atoms with E-state index in [4.69, 9.17) is 22.1 Å². The van der Waals surface area contributed by atoms with Gasteiger partial charge in [0.25, 0.3) is 0 Å². The normalized spacial score (nSPS) is 22.9. The fourth-order valence-corrected chi connectivity index (χ4v) is 2.50. The van der Waals surface area contributed by atoms with Crippen molar-refractivity contribution in [2.45, 2.75) is 25.4 Å². The van der Waals surface area contributed by atoms with E-state index < -0.39 is 0 Å². The van der Waals surface area contributed by atoms with Crippen molar-refractivity contribution < 1.29 is 4.74 Å². The second-order valence-corrected chi connectivity index (χ2v) is 5.35. The fourth-order valence-electron chi connectivity index (χ4n) is 2.30. The zero-order valence-electron chi connectivity index (χ0n) is 10.8. The Labute approximate surface area is 114 Å². The van der Waals surface area contributed by atoms with Crippen molar-refractivity contribution >= 4 is 11.6 Å². The van der Waals surface area contributed by atoms with E-state index in [2.05, 4.69) is 11.8 Å². The van der Waals surface area contributed by atoms with Gasteiger partial charge in [-0.1, -0.05) is 23.7 Å². The highest BCUT2D eigenvalue weighted by atomic mass is 35.5. The molecule has 1 heterocycles. The molecule has 0 amide bonds. The summed E-state index contributed by atoms with van der Waals surface area (Å²) < 4.78 is 5.43. The number of morpholine rings is 1. The average Bonchev–Trinajstić information content (AvgIpc) is 2.37. The van der Waals surface area contributed by atoms with Crippen LogP contribution < -0.4 is 5.73 Å². The zero-order chi connectivity index (χ0) is 13.0. The van der Waals surface area contributed by atoms with Crippen LogP contribution in [0.25, 0.3) is 0 Å². The molecule has 2 rings (SSSR count). The van der Waals surface area contributed by atoms with Crippen LogP contribution in [0.5, 0.6) is 0 Å². The Bertz CT molecular complexity index is 386. The summed E-state index contributed by atoms with van der Waals surface area (Å²) in [6.45, 7) is 5.87. The van der Waals surface area contributed by atoms with Gasteiger partial charge in [-0.15, -0.1) is 0 Å². The van der Waals surface area contributed by atoms with Crippen LogP contribution >= 0.6 is 11.6 Å². The van der Waals surface area contributed by atoms with Crippen LogP contribution in [0.2, 0.25) is 5.02 Å². The third-order valence-electron chi connectivity index (χ3n) is 3.51. The number of benzene rings is 1. The molecule has 2 N–H and O–H groups in total. The summed E-state index contributed by atoms with van der Waals surface area (Å²) in [6, 6.07) is 8.37. The molecule has 0 saturated carbocycles. The molecule has 1 aromatic carbocycles. The second kappa shape index (κ2) is 6.53. The molecule has 100 valence electrons. The number of rotatable bonds is 4. The van der Waals surface area contributed by atoms with Crippen LogP contribution in [0.1, 0.15) is 24.9 Å². The maximum absolute atomic E-state index is 6.21. The molecule has 1 fully saturated rings. The lowest BCUT2D eigenvalue weighted by atomic mass is 10.0. The molecular formula is C14H21ClN2O. The van der Waals surface area contributed by atoms with Crippen molar-refractivity contribution in [3.05, 3.63) is 34.9 Å². The van der Waals surface area contributed by atoms with Crippen LogP contribution in [-0.2, 0) is 4.74 Å². The number of hydrogen-bond acceptors (Lipinski definition) is 3. The number of nitrogens with two attached hydrogens (primary N) is 1. The molecule has 4 heteroatoms. The summed E-state index contributed by atoms with van der Waals surface area (Å²) in [5.41, 5.74) is 7.32. The zero-order valence-corrected chi connectivity index (χ0v) is 11.6. The molecule has 1 aliphatic heterocycles. The quantitative estimate of drug-likeness (QED) is 0.912. The molecule has 0 radical (unpaired) electrons. The molecule has 2 atom stereocenters. The number of hydrogen-bond donors (Lipinski definition) is 1. The monoisotopic (exact) mass is 268 g/mol. The topological polar surface area (TPSA) is 38.5 Å². The molecule has 0 bridgehead atoms. The first-order chi connectivity index (χ1) is 8.66. The van der Waals surface area contributed by atoms with Crippen molar-refractivity contribution in [1.29, 1.82) is 0 Å². The molecule has 1 aromatic rings. The molecule has 2 unspecified atom stereocenters. The molecule has 0 aliphatic carbocycles. The second-order valence-electron chi connectivity index (χ2n) is 4.91. The smallest absolute Gasteiger partial charge is 0.0619 e. The van der Waals surface area contributed by atoms with Gasteiger partial charge in [-0.25, -0.2) is 0 Å². The fraction of sp³-hybridized carbons (Fsp3) is 0.571. The third kappa shape index (κ3) is 3.69. The highest BCUT2D eigenvalue weighted by Crippen LogP contribution is 2.19. The van der Waals surface area contributed by atoms with Gasteiger partial charge in [0.1, 0.15) is 0 Å². The van der Waals surface area contributed by atoms with Crippen molar-refractivity contribution in [2.24, 2.45) is 5.73 Å². The summed E-state index contributed by atoms with van der Waals surface area (Å²) in [5.74, 6) is 0. The van der Waals surface area contributed by atoms with Gasteiger partial charge in [-0.05, 0) is 31.0 Å². The summed E-state index contributed by atoms with van der Waals surface area (Å²) in [7, 11) is 0. The highest BCUT2D eigenvalue weighted by molar-refractivity contribution is 6.30. The van der Waals surface area contributed by atoms with Gasteiger partial charge >= 0.3 is 0 Å². The van der Waals surface area contributed by atoms with Gasteiger partial charge in [0, 0.05) is 30.2 Å². The van der Waals surface area contributed by atoms with Gasteiger partial charge < -0.3 is 10.5 Å². The Kier molecular flexibility index (Phi) is 5.01. The first-order valence-electron chi connectivity index (χ1n) is 6.49. The number of halogens is 1. The Morgan fingerprint density at radius 2 is 2.39 bits per heavy atom. The minimum atomic E-state index is 0.0544. The van der Waals surface area contributed by atoms with Crippen LogP contribution in [0.15, 0.2) is 24.3 Å². The standard InChI is InChI=1S/C14H21ClN2O/c1-11-10-18-8-7-17(11)6-5-14(16)12-3-2-4-13(15)9-12/h2-4,9,11,14H,5-8,10,16H2,1H3. The maximum Gasteiger partial charge on any atom is 0.0619 e. The Morgan fingerprint density at radius 1 is 1.56 bits per heavy atom. The first kappa shape index (κ1) is 13.8. The van der Waals surface area contributed by atoms with E-state index in [1.807, 2.05) is 24.3 Å². The summed E-state index contributed by atoms with van der Waals surface area (Å²) >= 11 is 5.98. The minimum absolute atomic E-state index is 0.0544. The lowest BCUT2D eigenvalue weighted by Crippen LogP contribution is -2.44. The van der Waals surface area contributed by atoms with Gasteiger partial charge in [0.2, 0.25) is 0 Å². The average molecular weight is 269 g/mol. The molecule has 3 nitrogen and oxygen atoms in total. The van der Waals surface area contributed by atoms with Gasteiger partial charge in [0.15, 0.2) is 0 Å². The van der Waals surface area contributed by atoms with Crippen molar-refractivity contribution in [1.82, 2.24) is 4.90 Å². The third-order valence-corrected chi connectivity index (χ3v) is 3.74. The lowest BCUT2D eigenvalue weighted by molar-refractivity contribution is -0.00139. The molecule has 18 heavy (non-hydrogen) atoms. The van der Waals surface area contributed by atoms with Crippen LogP contribution in [0.3, 0.4) is 0 Å². The van der Waals surface area contributed by atoms with Crippen molar-refractivity contribution in [3.8, 4) is 0 Å². The maximum atomic E-state index is 6.21. The van der Waals surface area contributed by atoms with Gasteiger partial charge in [-0.3, -0.25) is 4.90 Å². The summed E-state index contributed by atoms with van der Waals surface area (Å²) in [4.78, 5) is 2.44. The van der Waals surface area contributed by atoms with Gasteiger partial charge in [-0.2, -0.15) is 0 Å².